The fourth-order valence-electron chi connectivity index (χ4n) is 1.66. The monoisotopic (exact) mass is 232 g/mol. The fourth-order valence-corrected chi connectivity index (χ4v) is 2.73. The van der Waals surface area contributed by atoms with E-state index in [1.807, 2.05) is 11.3 Å². The third-order valence-corrected chi connectivity index (χ3v) is 3.49. The lowest BCUT2D eigenvalue weighted by Gasteiger charge is -2.06. The Morgan fingerprint density at radius 3 is 2.86 bits per heavy atom. The summed E-state index contributed by atoms with van der Waals surface area (Å²) in [6.07, 6.45) is 6.29. The number of rotatable bonds is 3. The molecule has 1 aliphatic rings. The third-order valence-electron chi connectivity index (χ3n) is 2.37. The zero-order valence-electron chi connectivity index (χ0n) is 8.51. The van der Waals surface area contributed by atoms with Crippen LogP contribution in [-0.2, 0) is 12.8 Å². The molecule has 0 saturated carbocycles. The first kappa shape index (κ1) is 11.8. The zero-order valence-corrected chi connectivity index (χ0v) is 10.1. The van der Waals surface area contributed by atoms with E-state index in [4.69, 9.17) is 0 Å². The lowest BCUT2D eigenvalue weighted by atomic mass is 10.0. The van der Waals surface area contributed by atoms with Crippen LogP contribution in [0.15, 0.2) is 0 Å². The molecule has 0 fully saturated rings. The number of anilines is 1. The van der Waals surface area contributed by atoms with Crippen LogP contribution in [0.4, 0.5) is 5.13 Å². The second-order valence-corrected chi connectivity index (χ2v) is 4.61. The lowest BCUT2D eigenvalue weighted by Crippen LogP contribution is -2.00. The molecule has 0 aliphatic heterocycles. The van der Waals surface area contributed by atoms with Crippen molar-refractivity contribution in [3.8, 4) is 0 Å². The van der Waals surface area contributed by atoms with Gasteiger partial charge in [-0.05, 0) is 32.1 Å². The highest BCUT2D eigenvalue weighted by atomic mass is 35.5. The standard InChI is InChI=1S/C10H16N2S.ClH/c1-2-7-11-10-12-8-5-3-4-6-9(8)13-10;/h2-7H2,1H3,(H,11,12);1H. The van der Waals surface area contributed by atoms with E-state index in [0.29, 0.717) is 0 Å². The van der Waals surface area contributed by atoms with Gasteiger partial charge in [0.15, 0.2) is 5.13 Å². The summed E-state index contributed by atoms with van der Waals surface area (Å²) in [5.74, 6) is 0. The Kier molecular flexibility index (Phi) is 4.69. The molecule has 14 heavy (non-hydrogen) atoms. The minimum Gasteiger partial charge on any atom is -0.362 e. The van der Waals surface area contributed by atoms with Crippen molar-refractivity contribution >= 4 is 28.9 Å². The van der Waals surface area contributed by atoms with Gasteiger partial charge in [-0.2, -0.15) is 0 Å². The van der Waals surface area contributed by atoms with E-state index >= 15 is 0 Å². The largest absolute Gasteiger partial charge is 0.362 e. The van der Waals surface area contributed by atoms with Crippen LogP contribution in [0, 0.1) is 0 Å². The van der Waals surface area contributed by atoms with Crippen molar-refractivity contribution in [2.75, 3.05) is 11.9 Å². The van der Waals surface area contributed by atoms with E-state index in [9.17, 15) is 0 Å². The molecule has 0 bridgehead atoms. The fraction of sp³-hybridized carbons (Fsp3) is 0.700. The number of hydrogen-bond acceptors (Lipinski definition) is 3. The topological polar surface area (TPSA) is 24.9 Å². The molecule has 0 spiro atoms. The maximum absolute atomic E-state index is 4.60. The van der Waals surface area contributed by atoms with Crippen molar-refractivity contribution in [1.29, 1.82) is 0 Å². The average molecular weight is 233 g/mol. The van der Waals surface area contributed by atoms with Gasteiger partial charge in [-0.25, -0.2) is 4.98 Å². The van der Waals surface area contributed by atoms with Gasteiger partial charge < -0.3 is 5.32 Å². The molecule has 4 heteroatoms. The Labute approximate surface area is 95.5 Å². The molecular weight excluding hydrogens is 216 g/mol. The molecule has 0 saturated heterocycles. The van der Waals surface area contributed by atoms with Gasteiger partial charge in [0.2, 0.25) is 0 Å². The Bertz CT molecular complexity index is 262. The van der Waals surface area contributed by atoms with Crippen molar-refractivity contribution in [2.24, 2.45) is 0 Å². The van der Waals surface area contributed by atoms with Crippen LogP contribution in [0.3, 0.4) is 0 Å². The smallest absolute Gasteiger partial charge is 0.183 e. The number of halogens is 1. The minimum atomic E-state index is 0. The Hall–Kier alpha value is -0.280. The van der Waals surface area contributed by atoms with Gasteiger partial charge in [-0.15, -0.1) is 23.7 Å². The van der Waals surface area contributed by atoms with Gasteiger partial charge in [-0.1, -0.05) is 6.92 Å². The summed E-state index contributed by atoms with van der Waals surface area (Å²) in [5, 5.41) is 4.49. The first-order valence-electron chi connectivity index (χ1n) is 5.12. The molecule has 1 aromatic rings. The average Bonchev–Trinajstić information content (AvgIpc) is 2.57. The molecule has 1 heterocycles. The van der Waals surface area contributed by atoms with Gasteiger partial charge in [0.1, 0.15) is 0 Å². The molecule has 0 aromatic carbocycles. The van der Waals surface area contributed by atoms with Crippen molar-refractivity contribution in [1.82, 2.24) is 4.98 Å². The van der Waals surface area contributed by atoms with Gasteiger partial charge >= 0.3 is 0 Å². The van der Waals surface area contributed by atoms with Crippen LogP contribution in [0.5, 0.6) is 0 Å². The van der Waals surface area contributed by atoms with E-state index < -0.39 is 0 Å². The van der Waals surface area contributed by atoms with Crippen LogP contribution in [0.25, 0.3) is 0 Å². The van der Waals surface area contributed by atoms with Crippen LogP contribution < -0.4 is 5.32 Å². The molecule has 0 radical (unpaired) electrons. The van der Waals surface area contributed by atoms with Crippen LogP contribution >= 0.6 is 23.7 Å². The molecule has 2 nitrogen and oxygen atoms in total. The highest BCUT2D eigenvalue weighted by Crippen LogP contribution is 2.29. The normalized spacial score (nSPS) is 14.4. The molecule has 2 rings (SSSR count). The van der Waals surface area contributed by atoms with Crippen LogP contribution in [-0.4, -0.2) is 11.5 Å². The summed E-state index contributed by atoms with van der Waals surface area (Å²) in [4.78, 5) is 6.11. The first-order valence-corrected chi connectivity index (χ1v) is 5.94. The Morgan fingerprint density at radius 1 is 1.36 bits per heavy atom. The third kappa shape index (κ3) is 2.61. The van der Waals surface area contributed by atoms with Crippen LogP contribution in [0.2, 0.25) is 0 Å². The lowest BCUT2D eigenvalue weighted by molar-refractivity contribution is 0.682. The summed E-state index contributed by atoms with van der Waals surface area (Å²) in [6, 6.07) is 0. The summed E-state index contributed by atoms with van der Waals surface area (Å²) in [7, 11) is 0. The van der Waals surface area contributed by atoms with Crippen molar-refractivity contribution in [2.45, 2.75) is 39.0 Å². The van der Waals surface area contributed by atoms with Crippen molar-refractivity contribution in [3.63, 3.8) is 0 Å². The Balaban J connectivity index is 0.000000980. The highest BCUT2D eigenvalue weighted by Gasteiger charge is 2.14. The number of thiazole rings is 1. The van der Waals surface area contributed by atoms with Gasteiger partial charge in [0.05, 0.1) is 5.69 Å². The molecule has 0 unspecified atom stereocenters. The van der Waals surface area contributed by atoms with E-state index in [-0.39, 0.29) is 12.4 Å². The van der Waals surface area contributed by atoms with E-state index in [1.54, 1.807) is 0 Å². The number of nitrogens with zero attached hydrogens (tertiary/aromatic N) is 1. The molecule has 0 atom stereocenters. The minimum absolute atomic E-state index is 0. The number of fused-ring (bicyclic) bond motifs is 1. The van der Waals surface area contributed by atoms with E-state index in [1.165, 1.54) is 42.7 Å². The molecule has 0 amide bonds. The highest BCUT2D eigenvalue weighted by molar-refractivity contribution is 7.15. The van der Waals surface area contributed by atoms with Crippen molar-refractivity contribution in [3.05, 3.63) is 10.6 Å². The molecule has 1 N–H and O–H groups in total. The molecule has 80 valence electrons. The predicted molar refractivity (Wildman–Crippen MR) is 64.8 cm³/mol. The predicted octanol–water partition coefficient (Wildman–Crippen LogP) is 3.27. The Morgan fingerprint density at radius 2 is 2.14 bits per heavy atom. The molecule has 1 aliphatic carbocycles. The van der Waals surface area contributed by atoms with Gasteiger partial charge in [0, 0.05) is 11.4 Å². The maximum Gasteiger partial charge on any atom is 0.183 e. The number of nitrogens with one attached hydrogen (secondary N) is 1. The second kappa shape index (κ2) is 5.56. The number of aromatic nitrogens is 1. The van der Waals surface area contributed by atoms with E-state index in [2.05, 4.69) is 17.2 Å². The number of aryl methyl sites for hydroxylation is 2. The zero-order chi connectivity index (χ0) is 9.10. The second-order valence-electron chi connectivity index (χ2n) is 3.52. The first-order chi connectivity index (χ1) is 6.40. The quantitative estimate of drug-likeness (QED) is 0.866. The molecule has 1 aromatic heterocycles. The van der Waals surface area contributed by atoms with Crippen molar-refractivity contribution < 1.29 is 0 Å². The molecular formula is C10H17ClN2S. The summed E-state index contributed by atoms with van der Waals surface area (Å²) >= 11 is 1.85. The summed E-state index contributed by atoms with van der Waals surface area (Å²) in [6.45, 7) is 3.23. The maximum atomic E-state index is 4.60. The summed E-state index contributed by atoms with van der Waals surface area (Å²) < 4.78 is 0. The van der Waals surface area contributed by atoms with Gasteiger partial charge in [0.25, 0.3) is 0 Å². The van der Waals surface area contributed by atoms with Gasteiger partial charge in [-0.3, -0.25) is 0 Å². The number of hydrogen-bond donors (Lipinski definition) is 1. The SMILES string of the molecule is CCCNc1nc2c(s1)CCCC2.Cl. The van der Waals surface area contributed by atoms with E-state index in [0.717, 1.165) is 11.7 Å². The summed E-state index contributed by atoms with van der Waals surface area (Å²) in [5.41, 5.74) is 1.36. The van der Waals surface area contributed by atoms with Crippen LogP contribution in [0.1, 0.15) is 36.8 Å².